The molecule has 2 unspecified atom stereocenters. The second-order valence-corrected chi connectivity index (χ2v) is 7.80. The van der Waals surface area contributed by atoms with Crippen molar-refractivity contribution in [2.45, 2.75) is 56.3 Å². The molecular formula is C16H24FNOS. The fraction of sp³-hybridized carbons (Fsp3) is 0.625. The summed E-state index contributed by atoms with van der Waals surface area (Å²) in [7, 11) is 0. The van der Waals surface area contributed by atoms with Crippen LogP contribution < -0.4 is 5.73 Å². The van der Waals surface area contributed by atoms with E-state index in [1.807, 2.05) is 6.07 Å². The Hall–Kier alpha value is -0.580. The molecule has 0 saturated carbocycles. The quantitative estimate of drug-likeness (QED) is 0.858. The Bertz CT molecular complexity index is 475. The van der Waals surface area contributed by atoms with Crippen molar-refractivity contribution in [2.24, 2.45) is 11.7 Å². The molecule has 1 aromatic carbocycles. The van der Waals surface area contributed by atoms with Gasteiger partial charge in [0.2, 0.25) is 0 Å². The van der Waals surface area contributed by atoms with Gasteiger partial charge in [0.1, 0.15) is 5.82 Å². The maximum absolute atomic E-state index is 13.2. The van der Waals surface area contributed by atoms with Gasteiger partial charge in [-0.2, -0.15) is 0 Å². The van der Waals surface area contributed by atoms with E-state index >= 15 is 0 Å². The van der Waals surface area contributed by atoms with E-state index in [9.17, 15) is 4.39 Å². The highest BCUT2D eigenvalue weighted by Crippen LogP contribution is 2.43. The predicted molar refractivity (Wildman–Crippen MR) is 82.4 cm³/mol. The van der Waals surface area contributed by atoms with Gasteiger partial charge >= 0.3 is 0 Å². The summed E-state index contributed by atoms with van der Waals surface area (Å²) in [5.41, 5.74) is 6.05. The van der Waals surface area contributed by atoms with Crippen molar-refractivity contribution in [3.8, 4) is 0 Å². The molecule has 1 saturated heterocycles. The molecule has 1 aliphatic heterocycles. The molecule has 2 N–H and O–H groups in total. The van der Waals surface area contributed by atoms with Gasteiger partial charge in [0.25, 0.3) is 0 Å². The first-order valence-corrected chi connectivity index (χ1v) is 8.02. The summed E-state index contributed by atoms with van der Waals surface area (Å²) >= 11 is 1.61. The van der Waals surface area contributed by atoms with Gasteiger partial charge in [0.15, 0.2) is 0 Å². The molecule has 0 spiro atoms. The van der Waals surface area contributed by atoms with Crippen molar-refractivity contribution in [1.29, 1.82) is 0 Å². The molecule has 0 aromatic heterocycles. The molecule has 1 aliphatic rings. The van der Waals surface area contributed by atoms with Crippen molar-refractivity contribution in [3.63, 3.8) is 0 Å². The van der Waals surface area contributed by atoms with Crippen LogP contribution in [0.5, 0.6) is 0 Å². The largest absolute Gasteiger partial charge is 0.369 e. The summed E-state index contributed by atoms with van der Waals surface area (Å²) in [6, 6.07) is 6.70. The highest BCUT2D eigenvalue weighted by molar-refractivity contribution is 7.99. The number of hydrogen-bond donors (Lipinski definition) is 1. The summed E-state index contributed by atoms with van der Waals surface area (Å²) < 4.78 is 19.2. The number of hydrogen-bond acceptors (Lipinski definition) is 3. The second-order valence-electron chi connectivity index (χ2n) is 6.71. The summed E-state index contributed by atoms with van der Waals surface area (Å²) in [6.07, 6.45) is 0.963. The second kappa shape index (κ2) is 5.66. The maximum atomic E-state index is 13.2. The molecule has 1 heterocycles. The van der Waals surface area contributed by atoms with Crippen LogP contribution in [0.2, 0.25) is 0 Å². The molecule has 20 heavy (non-hydrogen) atoms. The van der Waals surface area contributed by atoms with Gasteiger partial charge in [0, 0.05) is 22.6 Å². The van der Waals surface area contributed by atoms with Crippen molar-refractivity contribution >= 4 is 11.8 Å². The zero-order valence-electron chi connectivity index (χ0n) is 12.7. The molecule has 2 rings (SSSR count). The topological polar surface area (TPSA) is 35.2 Å². The number of halogens is 1. The highest BCUT2D eigenvalue weighted by atomic mass is 32.2. The third kappa shape index (κ3) is 3.74. The van der Waals surface area contributed by atoms with E-state index in [2.05, 4.69) is 27.7 Å². The summed E-state index contributed by atoms with van der Waals surface area (Å²) in [6.45, 7) is 8.45. The third-order valence-electron chi connectivity index (χ3n) is 3.90. The van der Waals surface area contributed by atoms with E-state index in [-0.39, 0.29) is 23.1 Å². The maximum Gasteiger partial charge on any atom is 0.124 e. The van der Waals surface area contributed by atoms with Gasteiger partial charge in [-0.15, -0.1) is 11.8 Å². The van der Waals surface area contributed by atoms with E-state index in [1.165, 1.54) is 6.07 Å². The average molecular weight is 297 g/mol. The molecule has 1 fully saturated rings. The van der Waals surface area contributed by atoms with Crippen LogP contribution in [0, 0.1) is 11.7 Å². The molecule has 112 valence electrons. The third-order valence-corrected chi connectivity index (χ3v) is 5.04. The molecule has 2 atom stereocenters. The van der Waals surface area contributed by atoms with Gasteiger partial charge < -0.3 is 10.5 Å². The Morgan fingerprint density at radius 2 is 2.10 bits per heavy atom. The van der Waals surface area contributed by atoms with Crippen LogP contribution in [0.1, 0.15) is 34.1 Å². The Labute approximate surface area is 125 Å². The van der Waals surface area contributed by atoms with Crippen LogP contribution in [-0.2, 0) is 4.74 Å². The van der Waals surface area contributed by atoms with Crippen LogP contribution in [0.25, 0.3) is 0 Å². The van der Waals surface area contributed by atoms with E-state index in [1.54, 1.807) is 23.9 Å². The Morgan fingerprint density at radius 3 is 2.65 bits per heavy atom. The number of benzene rings is 1. The average Bonchev–Trinajstić information content (AvgIpc) is 2.54. The fourth-order valence-corrected chi connectivity index (χ4v) is 4.13. The number of rotatable bonds is 4. The van der Waals surface area contributed by atoms with Crippen LogP contribution in [0.15, 0.2) is 29.2 Å². The highest BCUT2D eigenvalue weighted by Gasteiger charge is 2.47. The van der Waals surface area contributed by atoms with E-state index in [0.29, 0.717) is 5.92 Å². The Kier molecular flexibility index (Phi) is 4.47. The standard InChI is InChI=1S/C16H24FNOS/c1-15(2)9-13(16(3,4)19-15)14(18)10-20-12-7-5-6-11(17)8-12/h5-8,13-14H,9-10,18H2,1-4H3. The molecule has 2 nitrogen and oxygen atoms in total. The molecule has 0 amide bonds. The fourth-order valence-electron chi connectivity index (χ4n) is 3.14. The van der Waals surface area contributed by atoms with Gasteiger partial charge in [-0.25, -0.2) is 4.39 Å². The molecule has 0 aliphatic carbocycles. The summed E-state index contributed by atoms with van der Waals surface area (Å²) in [5.74, 6) is 0.893. The molecular weight excluding hydrogens is 273 g/mol. The number of nitrogens with two attached hydrogens (primary N) is 1. The van der Waals surface area contributed by atoms with Gasteiger partial charge in [-0.1, -0.05) is 6.07 Å². The molecule has 1 aromatic rings. The first-order chi connectivity index (χ1) is 9.20. The van der Waals surface area contributed by atoms with Crippen molar-refractivity contribution in [2.75, 3.05) is 5.75 Å². The lowest BCUT2D eigenvalue weighted by Gasteiger charge is -2.30. The Morgan fingerprint density at radius 1 is 1.40 bits per heavy atom. The number of thioether (sulfide) groups is 1. The SMILES string of the molecule is CC1(C)CC(C(N)CSc2cccc(F)c2)C(C)(C)O1. The normalized spacial score (nSPS) is 25.6. The minimum Gasteiger partial charge on any atom is -0.369 e. The zero-order valence-corrected chi connectivity index (χ0v) is 13.5. The molecule has 0 bridgehead atoms. The predicted octanol–water partition coefficient (Wildman–Crippen LogP) is 3.84. The van der Waals surface area contributed by atoms with Crippen LogP contribution in [-0.4, -0.2) is 23.0 Å². The number of ether oxygens (including phenoxy) is 1. The smallest absolute Gasteiger partial charge is 0.124 e. The lowest BCUT2D eigenvalue weighted by atomic mass is 9.83. The van der Waals surface area contributed by atoms with E-state index in [4.69, 9.17) is 10.5 Å². The first-order valence-electron chi connectivity index (χ1n) is 7.04. The minimum atomic E-state index is -0.203. The minimum absolute atomic E-state index is 0.0417. The van der Waals surface area contributed by atoms with Crippen molar-refractivity contribution < 1.29 is 9.13 Å². The van der Waals surface area contributed by atoms with E-state index in [0.717, 1.165) is 17.1 Å². The Balaban J connectivity index is 1.97. The van der Waals surface area contributed by atoms with Gasteiger partial charge in [0.05, 0.1) is 11.2 Å². The monoisotopic (exact) mass is 297 g/mol. The van der Waals surface area contributed by atoms with Gasteiger partial charge in [-0.3, -0.25) is 0 Å². The van der Waals surface area contributed by atoms with Crippen LogP contribution >= 0.6 is 11.8 Å². The van der Waals surface area contributed by atoms with E-state index < -0.39 is 0 Å². The van der Waals surface area contributed by atoms with Crippen LogP contribution in [0.3, 0.4) is 0 Å². The summed E-state index contributed by atoms with van der Waals surface area (Å²) in [5, 5.41) is 0. The zero-order chi connectivity index (χ0) is 15.0. The first kappa shape index (κ1) is 15.8. The molecule has 0 radical (unpaired) electrons. The van der Waals surface area contributed by atoms with Gasteiger partial charge in [-0.05, 0) is 52.3 Å². The van der Waals surface area contributed by atoms with Crippen LogP contribution in [0.4, 0.5) is 4.39 Å². The lowest BCUT2D eigenvalue weighted by Crippen LogP contribution is -2.42. The van der Waals surface area contributed by atoms with Crippen molar-refractivity contribution in [1.82, 2.24) is 0 Å². The molecule has 4 heteroatoms. The lowest BCUT2D eigenvalue weighted by molar-refractivity contribution is -0.0759. The summed E-state index contributed by atoms with van der Waals surface area (Å²) in [4.78, 5) is 0.927. The van der Waals surface area contributed by atoms with Crippen molar-refractivity contribution in [3.05, 3.63) is 30.1 Å².